The number of ether oxygens (including phenoxy) is 2. The quantitative estimate of drug-likeness (QED) is 0.569. The minimum atomic E-state index is 0.196. The lowest BCUT2D eigenvalue weighted by Crippen LogP contribution is -2.21. The summed E-state index contributed by atoms with van der Waals surface area (Å²) in [7, 11) is 0. The fraction of sp³-hybridized carbons (Fsp3) is 0.600. The van der Waals surface area contributed by atoms with Gasteiger partial charge < -0.3 is 15.2 Å². The Morgan fingerprint density at radius 2 is 2.11 bits per heavy atom. The van der Waals surface area contributed by atoms with Gasteiger partial charge in [-0.2, -0.15) is 0 Å². The third-order valence-corrected chi connectivity index (χ3v) is 3.33. The first-order valence-corrected chi connectivity index (χ1v) is 6.83. The maximum Gasteiger partial charge on any atom is 0.189 e. The molecule has 1 aromatic rings. The minimum Gasteiger partial charge on any atom is -0.467 e. The Kier molecular flexibility index (Phi) is 5.02. The van der Waals surface area contributed by atoms with Crippen molar-refractivity contribution in [2.75, 3.05) is 13.4 Å². The predicted molar refractivity (Wildman–Crippen MR) is 72.6 cm³/mol. The van der Waals surface area contributed by atoms with Crippen molar-refractivity contribution in [2.45, 2.75) is 38.6 Å². The Hall–Kier alpha value is -1.06. The minimum absolute atomic E-state index is 0.196. The third kappa shape index (κ3) is 4.31. The first-order valence-electron chi connectivity index (χ1n) is 6.83. The highest BCUT2D eigenvalue weighted by Crippen LogP contribution is 2.28. The van der Waals surface area contributed by atoms with E-state index < -0.39 is 0 Å². The summed E-state index contributed by atoms with van der Waals surface area (Å²) >= 11 is 0. The Labute approximate surface area is 109 Å². The molecular weight excluding hydrogens is 226 g/mol. The number of hydrogen-bond donors (Lipinski definition) is 1. The Balaban J connectivity index is 1.81. The smallest absolute Gasteiger partial charge is 0.189 e. The molecule has 0 heterocycles. The molecule has 2 N–H and O–H groups in total. The molecule has 1 aliphatic rings. The summed E-state index contributed by atoms with van der Waals surface area (Å²) < 4.78 is 11.2. The molecule has 0 bridgehead atoms. The molecule has 0 radical (unpaired) electrons. The molecule has 1 unspecified atom stereocenters. The van der Waals surface area contributed by atoms with Gasteiger partial charge in [-0.05, 0) is 43.2 Å². The molecule has 1 fully saturated rings. The van der Waals surface area contributed by atoms with Crippen molar-refractivity contribution in [3.63, 3.8) is 0 Å². The molecule has 100 valence electrons. The van der Waals surface area contributed by atoms with E-state index in [-0.39, 0.29) is 6.04 Å². The Bertz CT molecular complexity index is 363. The summed E-state index contributed by atoms with van der Waals surface area (Å²) in [5.41, 5.74) is 7.16. The maximum atomic E-state index is 5.99. The second-order valence-corrected chi connectivity index (χ2v) is 5.06. The number of hydrogen-bond acceptors (Lipinski definition) is 3. The summed E-state index contributed by atoms with van der Waals surface area (Å²) in [6.45, 7) is 3.28. The van der Waals surface area contributed by atoms with Crippen LogP contribution in [-0.2, 0) is 11.2 Å². The lowest BCUT2D eigenvalue weighted by molar-refractivity contribution is 0.00943. The molecular formula is C15H23NO2. The molecule has 3 heteroatoms. The van der Waals surface area contributed by atoms with E-state index in [1.54, 1.807) is 0 Å². The van der Waals surface area contributed by atoms with Crippen LogP contribution in [0.2, 0.25) is 0 Å². The number of para-hydroxylation sites is 1. The van der Waals surface area contributed by atoms with Gasteiger partial charge in [-0.25, -0.2) is 0 Å². The molecule has 0 amide bonds. The average Bonchev–Trinajstić information content (AvgIpc) is 3.20. The number of nitrogens with two attached hydrogens (primary N) is 1. The van der Waals surface area contributed by atoms with Crippen molar-refractivity contribution in [1.82, 2.24) is 0 Å². The SMILES string of the molecule is CCC(N)Cc1ccccc1OCOCC1CC1. The van der Waals surface area contributed by atoms with E-state index in [1.807, 2.05) is 18.2 Å². The molecule has 0 spiro atoms. The van der Waals surface area contributed by atoms with E-state index in [0.29, 0.717) is 6.79 Å². The van der Waals surface area contributed by atoms with Gasteiger partial charge in [0.2, 0.25) is 0 Å². The normalized spacial score (nSPS) is 16.6. The highest BCUT2D eigenvalue weighted by Gasteiger charge is 2.21. The first kappa shape index (κ1) is 13.4. The van der Waals surface area contributed by atoms with Gasteiger partial charge in [-0.3, -0.25) is 0 Å². The molecule has 3 nitrogen and oxygen atoms in total. The van der Waals surface area contributed by atoms with Gasteiger partial charge in [0, 0.05) is 6.04 Å². The molecule has 1 atom stereocenters. The van der Waals surface area contributed by atoms with Gasteiger partial charge >= 0.3 is 0 Å². The standard InChI is InChI=1S/C15H23NO2/c1-2-14(16)9-13-5-3-4-6-15(13)18-11-17-10-12-7-8-12/h3-6,12,14H,2,7-11,16H2,1H3. The van der Waals surface area contributed by atoms with Crippen LogP contribution in [0.25, 0.3) is 0 Å². The van der Waals surface area contributed by atoms with Gasteiger partial charge in [0.05, 0.1) is 6.61 Å². The molecule has 18 heavy (non-hydrogen) atoms. The second kappa shape index (κ2) is 6.76. The fourth-order valence-corrected chi connectivity index (χ4v) is 1.84. The van der Waals surface area contributed by atoms with Crippen molar-refractivity contribution in [3.05, 3.63) is 29.8 Å². The van der Waals surface area contributed by atoms with Gasteiger partial charge in [0.15, 0.2) is 6.79 Å². The molecule has 1 saturated carbocycles. The maximum absolute atomic E-state index is 5.99. The fourth-order valence-electron chi connectivity index (χ4n) is 1.84. The van der Waals surface area contributed by atoms with Gasteiger partial charge in [0.25, 0.3) is 0 Å². The highest BCUT2D eigenvalue weighted by atomic mass is 16.7. The molecule has 1 aliphatic carbocycles. The lowest BCUT2D eigenvalue weighted by atomic mass is 10.0. The zero-order valence-electron chi connectivity index (χ0n) is 11.1. The summed E-state index contributed by atoms with van der Waals surface area (Å²) in [5.74, 6) is 1.68. The number of benzene rings is 1. The summed E-state index contributed by atoms with van der Waals surface area (Å²) in [4.78, 5) is 0. The first-order chi connectivity index (χ1) is 8.79. The second-order valence-electron chi connectivity index (χ2n) is 5.06. The molecule has 1 aromatic carbocycles. The average molecular weight is 249 g/mol. The van der Waals surface area contributed by atoms with E-state index in [1.165, 1.54) is 18.4 Å². The van der Waals surface area contributed by atoms with E-state index in [0.717, 1.165) is 31.1 Å². The van der Waals surface area contributed by atoms with Crippen LogP contribution >= 0.6 is 0 Å². The third-order valence-electron chi connectivity index (χ3n) is 3.33. The summed E-state index contributed by atoms with van der Waals surface area (Å²) in [6.07, 6.45) is 4.45. The molecule has 2 rings (SSSR count). The van der Waals surface area contributed by atoms with E-state index in [4.69, 9.17) is 15.2 Å². The highest BCUT2D eigenvalue weighted by molar-refractivity contribution is 5.33. The van der Waals surface area contributed by atoms with Gasteiger partial charge in [-0.1, -0.05) is 25.1 Å². The van der Waals surface area contributed by atoms with Crippen LogP contribution in [0.15, 0.2) is 24.3 Å². The zero-order valence-corrected chi connectivity index (χ0v) is 11.1. The predicted octanol–water partition coefficient (Wildman–Crippen LogP) is 2.73. The van der Waals surface area contributed by atoms with Crippen LogP contribution in [0.4, 0.5) is 0 Å². The summed E-state index contributed by atoms with van der Waals surface area (Å²) in [6, 6.07) is 8.26. The van der Waals surface area contributed by atoms with Crippen LogP contribution in [0.5, 0.6) is 5.75 Å². The molecule has 0 aliphatic heterocycles. The van der Waals surface area contributed by atoms with Crippen molar-refractivity contribution < 1.29 is 9.47 Å². The van der Waals surface area contributed by atoms with Crippen LogP contribution < -0.4 is 10.5 Å². The van der Waals surface area contributed by atoms with Crippen molar-refractivity contribution in [1.29, 1.82) is 0 Å². The van der Waals surface area contributed by atoms with E-state index in [2.05, 4.69) is 13.0 Å². The van der Waals surface area contributed by atoms with Crippen LogP contribution in [0.3, 0.4) is 0 Å². The van der Waals surface area contributed by atoms with E-state index >= 15 is 0 Å². The molecule has 0 aromatic heterocycles. The topological polar surface area (TPSA) is 44.5 Å². The lowest BCUT2D eigenvalue weighted by Gasteiger charge is -2.14. The van der Waals surface area contributed by atoms with Crippen molar-refractivity contribution >= 4 is 0 Å². The van der Waals surface area contributed by atoms with Crippen LogP contribution in [0.1, 0.15) is 31.7 Å². The van der Waals surface area contributed by atoms with E-state index in [9.17, 15) is 0 Å². The monoisotopic (exact) mass is 249 g/mol. The van der Waals surface area contributed by atoms with Crippen molar-refractivity contribution in [2.24, 2.45) is 11.7 Å². The van der Waals surface area contributed by atoms with Gasteiger partial charge in [-0.15, -0.1) is 0 Å². The van der Waals surface area contributed by atoms with Crippen LogP contribution in [-0.4, -0.2) is 19.4 Å². The largest absolute Gasteiger partial charge is 0.467 e. The Morgan fingerprint density at radius 3 is 2.83 bits per heavy atom. The Morgan fingerprint density at radius 1 is 1.33 bits per heavy atom. The van der Waals surface area contributed by atoms with Gasteiger partial charge in [0.1, 0.15) is 5.75 Å². The van der Waals surface area contributed by atoms with Crippen LogP contribution in [0, 0.1) is 5.92 Å². The summed E-state index contributed by atoms with van der Waals surface area (Å²) in [5, 5.41) is 0. The van der Waals surface area contributed by atoms with Crippen molar-refractivity contribution in [3.8, 4) is 5.75 Å². The number of rotatable bonds is 8. The zero-order chi connectivity index (χ0) is 12.8. The molecule has 0 saturated heterocycles.